The predicted octanol–water partition coefficient (Wildman–Crippen LogP) is 6.50. The Kier molecular flexibility index (Phi) is 6.95. The Morgan fingerprint density at radius 2 is 1.74 bits per heavy atom. The number of hydrogen-bond donors (Lipinski definition) is 1. The number of nitriles is 1. The van der Waals surface area contributed by atoms with Gasteiger partial charge in [0.05, 0.1) is 28.0 Å². The van der Waals surface area contributed by atoms with Gasteiger partial charge >= 0.3 is 6.03 Å². The summed E-state index contributed by atoms with van der Waals surface area (Å²) in [4.78, 5) is 33.1. The Hall–Kier alpha value is -4.81. The zero-order valence-electron chi connectivity index (χ0n) is 18.5. The van der Waals surface area contributed by atoms with Gasteiger partial charge in [-0.2, -0.15) is 15.3 Å². The van der Waals surface area contributed by atoms with Crippen LogP contribution in [0.15, 0.2) is 90.2 Å². The summed E-state index contributed by atoms with van der Waals surface area (Å²) < 4.78 is 0. The number of rotatable bonds is 6. The standard InChI is InChI=1S/C25H18ClN7O2/c1-17-6-12-20(13-7-17)32(33(25(34)31-35)22-5-3-2-4-21(22)26)23-14-15-28-24(30-23)29-19-10-8-18(16-27)9-11-19/h2-15H,1H3,(H,28,29,30). The largest absolute Gasteiger partial charge is 0.404 e. The Labute approximate surface area is 206 Å². The summed E-state index contributed by atoms with van der Waals surface area (Å²) in [5, 5.41) is 17.5. The maximum absolute atomic E-state index is 12.8. The number of aromatic nitrogens is 2. The molecule has 4 rings (SSSR count). The molecule has 3 aromatic carbocycles. The molecule has 2 amide bonds. The second-order valence-corrected chi connectivity index (χ2v) is 7.74. The van der Waals surface area contributed by atoms with Crippen LogP contribution in [0.2, 0.25) is 5.02 Å². The number of aryl methyl sites for hydroxylation is 1. The van der Waals surface area contributed by atoms with Gasteiger partial charge in [0.2, 0.25) is 5.95 Å². The van der Waals surface area contributed by atoms with Gasteiger partial charge < -0.3 is 5.32 Å². The minimum atomic E-state index is -1.08. The highest BCUT2D eigenvalue weighted by molar-refractivity contribution is 6.34. The average Bonchev–Trinajstić information content (AvgIpc) is 2.89. The number of anilines is 5. The van der Waals surface area contributed by atoms with Gasteiger partial charge in [0, 0.05) is 23.1 Å². The number of benzene rings is 3. The molecule has 0 bridgehead atoms. The van der Waals surface area contributed by atoms with Crippen LogP contribution in [-0.4, -0.2) is 16.0 Å². The van der Waals surface area contributed by atoms with E-state index in [4.69, 9.17) is 16.9 Å². The van der Waals surface area contributed by atoms with Crippen molar-refractivity contribution in [2.45, 2.75) is 6.92 Å². The second-order valence-electron chi connectivity index (χ2n) is 7.34. The van der Waals surface area contributed by atoms with E-state index in [1.807, 2.05) is 19.1 Å². The van der Waals surface area contributed by atoms with Gasteiger partial charge in [-0.05, 0) is 55.5 Å². The van der Waals surface area contributed by atoms with Crippen molar-refractivity contribution in [3.8, 4) is 6.07 Å². The summed E-state index contributed by atoms with van der Waals surface area (Å²) in [5.74, 6) is 0.506. The molecular weight excluding hydrogens is 466 g/mol. The summed E-state index contributed by atoms with van der Waals surface area (Å²) in [6.45, 7) is 1.93. The summed E-state index contributed by atoms with van der Waals surface area (Å²) >= 11 is 6.40. The van der Waals surface area contributed by atoms with Gasteiger partial charge in [0.25, 0.3) is 0 Å². The molecule has 9 nitrogen and oxygen atoms in total. The monoisotopic (exact) mass is 483 g/mol. The third kappa shape index (κ3) is 5.24. The van der Waals surface area contributed by atoms with Crippen molar-refractivity contribution in [2.75, 3.05) is 15.3 Å². The number of nitrogens with zero attached hydrogens (tertiary/aromatic N) is 6. The number of nitrogens with one attached hydrogen (secondary N) is 1. The third-order valence-electron chi connectivity index (χ3n) is 4.95. The highest BCUT2D eigenvalue weighted by atomic mass is 35.5. The van der Waals surface area contributed by atoms with Crippen molar-refractivity contribution < 1.29 is 4.79 Å². The molecule has 0 fully saturated rings. The van der Waals surface area contributed by atoms with E-state index in [2.05, 4.69) is 26.5 Å². The molecule has 0 atom stereocenters. The maximum Gasteiger partial charge on any atom is 0.404 e. The van der Waals surface area contributed by atoms with Crippen LogP contribution in [0, 0.1) is 23.2 Å². The van der Waals surface area contributed by atoms with Crippen molar-refractivity contribution in [3.05, 3.63) is 106 Å². The molecule has 0 aliphatic rings. The third-order valence-corrected chi connectivity index (χ3v) is 5.27. The first-order chi connectivity index (χ1) is 17.0. The van der Waals surface area contributed by atoms with Crippen molar-refractivity contribution in [2.24, 2.45) is 5.18 Å². The number of halogens is 1. The molecule has 0 spiro atoms. The van der Waals surface area contributed by atoms with Gasteiger partial charge in [0.1, 0.15) is 0 Å². The quantitative estimate of drug-likeness (QED) is 0.246. The lowest BCUT2D eigenvalue weighted by Gasteiger charge is -2.34. The molecule has 0 aliphatic carbocycles. The predicted molar refractivity (Wildman–Crippen MR) is 135 cm³/mol. The lowest BCUT2D eigenvalue weighted by Crippen LogP contribution is -2.43. The number of para-hydroxylation sites is 1. The zero-order valence-corrected chi connectivity index (χ0v) is 19.2. The second kappa shape index (κ2) is 10.4. The lowest BCUT2D eigenvalue weighted by atomic mass is 10.2. The number of nitroso groups, excluding NO2 is 1. The maximum atomic E-state index is 12.8. The van der Waals surface area contributed by atoms with Gasteiger partial charge in [-0.3, -0.25) is 0 Å². The van der Waals surface area contributed by atoms with E-state index >= 15 is 0 Å². The highest BCUT2D eigenvalue weighted by Gasteiger charge is 2.29. The van der Waals surface area contributed by atoms with Gasteiger partial charge in [-0.25, -0.2) is 14.8 Å². The van der Waals surface area contributed by atoms with Crippen molar-refractivity contribution in [1.29, 1.82) is 5.26 Å². The molecule has 0 radical (unpaired) electrons. The molecule has 0 saturated carbocycles. The number of carbonyl (C=O) groups excluding carboxylic acids is 1. The van der Waals surface area contributed by atoms with Crippen LogP contribution in [-0.2, 0) is 0 Å². The van der Waals surface area contributed by atoms with Crippen LogP contribution < -0.4 is 15.3 Å². The first kappa shape index (κ1) is 23.4. The molecule has 0 unspecified atom stereocenters. The molecular formula is C25H18ClN7O2. The Bertz CT molecular complexity index is 1400. The van der Waals surface area contributed by atoms with E-state index in [0.717, 1.165) is 10.6 Å². The summed E-state index contributed by atoms with van der Waals surface area (Å²) in [5.41, 5.74) is 2.97. The Balaban J connectivity index is 1.82. The summed E-state index contributed by atoms with van der Waals surface area (Å²) in [7, 11) is 0. The fourth-order valence-electron chi connectivity index (χ4n) is 3.28. The average molecular weight is 484 g/mol. The number of hydrogen-bond acceptors (Lipinski definition) is 7. The van der Waals surface area contributed by atoms with Crippen LogP contribution in [0.4, 0.5) is 33.6 Å². The van der Waals surface area contributed by atoms with Crippen LogP contribution >= 0.6 is 11.6 Å². The molecule has 0 saturated heterocycles. The lowest BCUT2D eigenvalue weighted by molar-refractivity contribution is 0.254. The van der Waals surface area contributed by atoms with Gasteiger partial charge in [-0.15, -0.1) is 4.91 Å². The van der Waals surface area contributed by atoms with E-state index < -0.39 is 6.03 Å². The molecule has 10 heteroatoms. The molecule has 1 heterocycles. The zero-order chi connectivity index (χ0) is 24.8. The Morgan fingerprint density at radius 1 is 1.03 bits per heavy atom. The number of amides is 2. The van der Waals surface area contributed by atoms with Crippen LogP contribution in [0.1, 0.15) is 11.1 Å². The fraction of sp³-hybridized carbons (Fsp3) is 0.0400. The minimum absolute atomic E-state index is 0.231. The fourth-order valence-corrected chi connectivity index (χ4v) is 3.50. The van der Waals surface area contributed by atoms with E-state index in [1.165, 1.54) is 11.2 Å². The molecule has 1 N–H and O–H groups in total. The molecule has 172 valence electrons. The first-order valence-electron chi connectivity index (χ1n) is 10.4. The van der Waals surface area contributed by atoms with Gasteiger partial charge in [0.15, 0.2) is 5.82 Å². The van der Waals surface area contributed by atoms with Crippen molar-refractivity contribution in [3.63, 3.8) is 0 Å². The highest BCUT2D eigenvalue weighted by Crippen LogP contribution is 2.34. The van der Waals surface area contributed by atoms with E-state index in [-0.39, 0.29) is 22.5 Å². The van der Waals surface area contributed by atoms with Crippen LogP contribution in [0.5, 0.6) is 0 Å². The number of urea groups is 1. The molecule has 0 aliphatic heterocycles. The van der Waals surface area contributed by atoms with Crippen LogP contribution in [0.3, 0.4) is 0 Å². The van der Waals surface area contributed by atoms with Crippen molar-refractivity contribution >= 4 is 46.5 Å². The number of hydrazine groups is 1. The van der Waals surface area contributed by atoms with E-state index in [0.29, 0.717) is 16.9 Å². The van der Waals surface area contributed by atoms with Crippen LogP contribution in [0.25, 0.3) is 0 Å². The Morgan fingerprint density at radius 3 is 2.40 bits per heavy atom. The molecule has 1 aromatic heterocycles. The normalized spacial score (nSPS) is 10.2. The minimum Gasteiger partial charge on any atom is -0.324 e. The van der Waals surface area contributed by atoms with Crippen molar-refractivity contribution in [1.82, 2.24) is 9.97 Å². The smallest absolute Gasteiger partial charge is 0.324 e. The topological polar surface area (TPSA) is 115 Å². The van der Waals surface area contributed by atoms with E-state index in [1.54, 1.807) is 66.7 Å². The number of carbonyl (C=O) groups is 1. The molecule has 35 heavy (non-hydrogen) atoms. The summed E-state index contributed by atoms with van der Waals surface area (Å²) in [6, 6.07) is 23.3. The first-order valence-corrected chi connectivity index (χ1v) is 10.8. The summed E-state index contributed by atoms with van der Waals surface area (Å²) in [6.07, 6.45) is 1.51. The SMILES string of the molecule is Cc1ccc(N(c2ccnc(Nc3ccc(C#N)cc3)n2)N(C(=O)N=O)c2ccccc2Cl)cc1. The van der Waals surface area contributed by atoms with Gasteiger partial charge in [-0.1, -0.05) is 41.4 Å². The molecule has 4 aromatic rings. The van der Waals surface area contributed by atoms with E-state index in [9.17, 15) is 9.70 Å².